The lowest BCUT2D eigenvalue weighted by atomic mass is 9.96. The van der Waals surface area contributed by atoms with Gasteiger partial charge in [0.25, 0.3) is 11.8 Å². The van der Waals surface area contributed by atoms with Crippen molar-refractivity contribution in [2.24, 2.45) is 11.8 Å². The fourth-order valence-corrected chi connectivity index (χ4v) is 8.25. The zero-order chi connectivity index (χ0) is 48.4. The van der Waals surface area contributed by atoms with Gasteiger partial charge in [0, 0.05) is 24.5 Å². The van der Waals surface area contributed by atoms with Gasteiger partial charge in [-0.2, -0.15) is 10.2 Å². The van der Waals surface area contributed by atoms with Crippen molar-refractivity contribution in [1.29, 1.82) is 0 Å². The number of aromatic nitrogens is 4. The normalized spacial score (nSPS) is 18.2. The van der Waals surface area contributed by atoms with Crippen LogP contribution in [0, 0.1) is 11.8 Å². The molecule has 2 aromatic carbocycles. The number of aliphatic hydroxyl groups excluding tert-OH is 2. The van der Waals surface area contributed by atoms with E-state index in [1.54, 1.807) is 58.2 Å². The van der Waals surface area contributed by atoms with Crippen LogP contribution >= 0.6 is 23.2 Å². The Kier molecular flexibility index (Phi) is 17.6. The molecule has 4 aromatic rings. The summed E-state index contributed by atoms with van der Waals surface area (Å²) in [5.41, 5.74) is 1.20. The molecule has 0 saturated carbocycles. The van der Waals surface area contributed by atoms with Crippen molar-refractivity contribution >= 4 is 46.6 Å². The van der Waals surface area contributed by atoms with Crippen LogP contribution in [0.2, 0.25) is 10.0 Å². The molecule has 4 atom stereocenters. The number of carbonyl (C=O) groups is 4. The maximum Gasteiger partial charge on any atom is 0.251 e. The van der Waals surface area contributed by atoms with Crippen LogP contribution in [-0.4, -0.2) is 119 Å². The predicted molar refractivity (Wildman–Crippen MR) is 250 cm³/mol. The number of aliphatic hydroxyl groups is 2. The Morgan fingerprint density at radius 3 is 1.66 bits per heavy atom. The number of hydrogen-bond donors (Lipinski definition) is 2. The summed E-state index contributed by atoms with van der Waals surface area (Å²) in [6, 6.07) is 16.5. The molecule has 0 spiro atoms. The molecule has 0 aliphatic carbocycles. The summed E-state index contributed by atoms with van der Waals surface area (Å²) in [7, 11) is 0. The van der Waals surface area contributed by atoms with Crippen molar-refractivity contribution < 1.29 is 48.3 Å². The number of Topliss-reactive ketones (excluding diaryl/α,β-unsaturated/α-hetero) is 2. The zero-order valence-corrected chi connectivity index (χ0v) is 40.2. The quantitative estimate of drug-likeness (QED) is 0.0959. The number of nitrogens with zero attached hydrogens (tertiary/aromatic N) is 6. The van der Waals surface area contributed by atoms with Crippen LogP contribution in [0.15, 0.2) is 96.7 Å². The molecular weight excluding hydrogens is 903 g/mol. The van der Waals surface area contributed by atoms with E-state index in [1.165, 1.54) is 21.7 Å². The molecule has 0 radical (unpaired) electrons. The van der Waals surface area contributed by atoms with Crippen LogP contribution in [0.5, 0.6) is 11.5 Å². The highest BCUT2D eigenvalue weighted by Crippen LogP contribution is 2.30. The number of hydrogen-bond acceptors (Lipinski definition) is 12. The highest BCUT2D eigenvalue weighted by molar-refractivity contribution is 6.32. The molecule has 18 heteroatoms. The Hall–Kier alpha value is -5.36. The van der Waals surface area contributed by atoms with E-state index < -0.39 is 24.0 Å². The lowest BCUT2D eigenvalue weighted by molar-refractivity contribution is -0.139. The van der Waals surface area contributed by atoms with E-state index in [9.17, 15) is 24.3 Å². The molecule has 3 aliphatic rings. The lowest BCUT2D eigenvalue weighted by Crippen LogP contribution is -2.44. The number of benzene rings is 2. The first-order valence-corrected chi connectivity index (χ1v) is 23.2. The molecule has 67 heavy (non-hydrogen) atoms. The van der Waals surface area contributed by atoms with Gasteiger partial charge in [0.2, 0.25) is 0 Å². The number of ketones is 2. The number of halogens is 2. The molecule has 3 aliphatic heterocycles. The summed E-state index contributed by atoms with van der Waals surface area (Å²) in [6.45, 7) is 13.1. The van der Waals surface area contributed by atoms with E-state index in [1.807, 2.05) is 65.9 Å². The number of carbonyl (C=O) groups excluding carboxylic acids is 4. The van der Waals surface area contributed by atoms with Crippen molar-refractivity contribution in [3.63, 3.8) is 0 Å². The number of ether oxygens (including phenoxy) is 4. The second-order valence-electron chi connectivity index (χ2n) is 18.1. The van der Waals surface area contributed by atoms with Gasteiger partial charge in [0.15, 0.2) is 17.4 Å². The van der Waals surface area contributed by atoms with Crippen LogP contribution in [0.25, 0.3) is 0 Å². The van der Waals surface area contributed by atoms with E-state index in [-0.39, 0.29) is 80.4 Å². The van der Waals surface area contributed by atoms with Crippen molar-refractivity contribution in [1.82, 2.24) is 29.4 Å². The van der Waals surface area contributed by atoms with Crippen LogP contribution < -0.4 is 9.47 Å². The minimum Gasteiger partial charge on any atom is -0.458 e. The van der Waals surface area contributed by atoms with Gasteiger partial charge in [0.05, 0.1) is 91.9 Å². The van der Waals surface area contributed by atoms with Gasteiger partial charge in [0.1, 0.15) is 29.1 Å². The second kappa shape index (κ2) is 23.1. The van der Waals surface area contributed by atoms with Crippen molar-refractivity contribution in [2.45, 2.75) is 110 Å². The maximum atomic E-state index is 13.4. The summed E-state index contributed by atoms with van der Waals surface area (Å²) in [5, 5.41) is 28.3. The third-order valence-corrected chi connectivity index (χ3v) is 11.6. The lowest BCUT2D eigenvalue weighted by Gasteiger charge is -2.28. The Morgan fingerprint density at radius 2 is 1.22 bits per heavy atom. The first kappa shape index (κ1) is 51.0. The van der Waals surface area contributed by atoms with Gasteiger partial charge in [-0.1, -0.05) is 75.2 Å². The minimum atomic E-state index is -0.919. The van der Waals surface area contributed by atoms with Gasteiger partial charge in [-0.25, -0.2) is 0 Å². The Balaban J connectivity index is 0.000000222. The molecule has 0 unspecified atom stereocenters. The molecule has 2 amide bonds. The van der Waals surface area contributed by atoms with Gasteiger partial charge in [-0.15, -0.1) is 0 Å². The van der Waals surface area contributed by atoms with Crippen LogP contribution in [0.1, 0.15) is 65.8 Å². The van der Waals surface area contributed by atoms with Crippen molar-refractivity contribution in [2.75, 3.05) is 26.3 Å². The molecule has 7 rings (SSSR count). The number of rotatable bonds is 21. The Bertz CT molecular complexity index is 2430. The molecule has 360 valence electrons. The molecule has 1 fully saturated rings. The topological polar surface area (TPSA) is 188 Å². The standard InChI is InChI=1S/C26H32ClN3O5.C23H28ClN3O5/c1-17(2)11-22(30-15-19(13-25(30)32)34-24-8-6-5-7-21(24)27)23(31)12-18-9-10-29(28-18)14-20-16-33-26(3,4)35-20;1-15(2)9-20(21(30)10-16-7-8-26(25-16)12-17(29)14-28)27-13-18(11-23(27)31)32-22-6-4-3-5-19(22)24/h5-10,13,17,20,22H,11-12,14-16H2,1-4H3;3-8,11,15,17,20,28-29H,9-10,12-14H2,1-2H3/t20-,22+;17-,20+/m11/s1. The molecule has 2 aromatic heterocycles. The Morgan fingerprint density at radius 1 is 0.761 bits per heavy atom. The van der Waals surface area contributed by atoms with Crippen molar-refractivity contribution in [3.05, 3.63) is 118 Å². The van der Waals surface area contributed by atoms with E-state index in [0.29, 0.717) is 70.4 Å². The van der Waals surface area contributed by atoms with Gasteiger partial charge in [-0.3, -0.25) is 28.5 Å². The monoisotopic (exact) mass is 962 g/mol. The minimum absolute atomic E-state index is 0.0497. The van der Waals surface area contributed by atoms with E-state index >= 15 is 0 Å². The molecular formula is C49H60Cl2N6O10. The third kappa shape index (κ3) is 14.6. The van der Waals surface area contributed by atoms with E-state index in [4.69, 9.17) is 47.3 Å². The number of para-hydroxylation sites is 2. The van der Waals surface area contributed by atoms with Crippen LogP contribution in [0.3, 0.4) is 0 Å². The first-order valence-electron chi connectivity index (χ1n) is 22.4. The first-order chi connectivity index (χ1) is 31.9. The van der Waals surface area contributed by atoms with E-state index in [2.05, 4.69) is 10.2 Å². The maximum absolute atomic E-state index is 13.4. The zero-order valence-electron chi connectivity index (χ0n) is 38.7. The fraction of sp³-hybridized carbons (Fsp3) is 0.469. The smallest absolute Gasteiger partial charge is 0.251 e. The van der Waals surface area contributed by atoms with Crippen molar-refractivity contribution in [3.8, 4) is 11.5 Å². The molecule has 16 nitrogen and oxygen atoms in total. The van der Waals surface area contributed by atoms with Gasteiger partial charge >= 0.3 is 0 Å². The summed E-state index contributed by atoms with van der Waals surface area (Å²) in [6.07, 6.45) is 6.58. The predicted octanol–water partition coefficient (Wildman–Crippen LogP) is 6.24. The van der Waals surface area contributed by atoms with Gasteiger partial charge in [-0.05, 0) is 74.9 Å². The average Bonchev–Trinajstić information content (AvgIpc) is 4.11. The van der Waals surface area contributed by atoms with Gasteiger partial charge < -0.3 is 39.0 Å². The molecule has 5 heterocycles. The van der Waals surface area contributed by atoms with E-state index in [0.717, 1.165) is 0 Å². The Labute approximate surface area is 401 Å². The third-order valence-electron chi connectivity index (χ3n) is 11.0. The highest BCUT2D eigenvalue weighted by Gasteiger charge is 2.37. The summed E-state index contributed by atoms with van der Waals surface area (Å²) in [5.74, 6) is 0.991. The SMILES string of the molecule is CC(C)C[C@@H](C(=O)Cc1ccn(C[C@@H](O)CO)n1)N1CC(Oc2ccccc2Cl)=CC1=O.CC(C)C[C@@H](C(=O)Cc1ccn(C[C@@H]2COC(C)(C)O2)n1)N1CC(Oc2ccccc2Cl)=CC1=O. The number of amides is 2. The average molecular weight is 964 g/mol. The van der Waals surface area contributed by atoms with Crippen LogP contribution in [-0.2, 0) is 54.6 Å². The molecule has 0 bridgehead atoms. The largest absolute Gasteiger partial charge is 0.458 e. The second-order valence-corrected chi connectivity index (χ2v) is 19.0. The summed E-state index contributed by atoms with van der Waals surface area (Å²) < 4.78 is 26.4. The summed E-state index contributed by atoms with van der Waals surface area (Å²) >= 11 is 12.3. The molecule has 2 N–H and O–H groups in total. The molecule has 1 saturated heterocycles. The van der Waals surface area contributed by atoms with Crippen LogP contribution in [0.4, 0.5) is 0 Å². The highest BCUT2D eigenvalue weighted by atomic mass is 35.5. The summed E-state index contributed by atoms with van der Waals surface area (Å²) in [4.78, 5) is 55.2. The fourth-order valence-electron chi connectivity index (χ4n) is 7.90.